The summed E-state index contributed by atoms with van der Waals surface area (Å²) in [6, 6.07) is 14.9. The fourth-order valence-corrected chi connectivity index (χ4v) is 2.11. The van der Waals surface area contributed by atoms with Gasteiger partial charge in [-0.05, 0) is 37.3 Å². The van der Waals surface area contributed by atoms with Gasteiger partial charge in [0.25, 0.3) is 5.91 Å². The smallest absolute Gasteiger partial charge is 0.274 e. The molecule has 0 fully saturated rings. The molecule has 0 unspecified atom stereocenters. The lowest BCUT2D eigenvalue weighted by molar-refractivity contribution is 0.0227. The maximum atomic E-state index is 12.1. The third-order valence-corrected chi connectivity index (χ3v) is 3.63. The summed E-state index contributed by atoms with van der Waals surface area (Å²) in [6.07, 6.45) is 0. The number of anilines is 1. The highest BCUT2D eigenvalue weighted by Crippen LogP contribution is 2.18. The van der Waals surface area contributed by atoms with Crippen LogP contribution in [0.5, 0.6) is 5.75 Å². The van der Waals surface area contributed by atoms with Crippen molar-refractivity contribution >= 4 is 11.6 Å². The second-order valence-corrected chi connectivity index (χ2v) is 5.09. The summed E-state index contributed by atoms with van der Waals surface area (Å²) in [6.45, 7) is 3.23. The van der Waals surface area contributed by atoms with Crippen LogP contribution in [0.3, 0.4) is 0 Å². The second-order valence-electron chi connectivity index (χ2n) is 5.09. The predicted octanol–water partition coefficient (Wildman–Crippen LogP) is 3.01. The molecule has 0 atom stereocenters. The Morgan fingerprint density at radius 2 is 1.83 bits per heavy atom. The van der Waals surface area contributed by atoms with Crippen molar-refractivity contribution in [1.82, 2.24) is 5.48 Å². The van der Waals surface area contributed by atoms with E-state index >= 15 is 0 Å². The van der Waals surface area contributed by atoms with Crippen LogP contribution in [0.1, 0.15) is 22.8 Å². The standard InChI is InChI=1S/C18H22N2O3/c1-4-20(2)16-11-9-14(10-12-16)18(21)19-23-13-15-7-5-6-8-17(15)22-3/h5-12H,4,13H2,1-3H3,(H,19,21). The lowest BCUT2D eigenvalue weighted by atomic mass is 10.2. The van der Waals surface area contributed by atoms with Crippen LogP contribution in [0.15, 0.2) is 48.5 Å². The number of hydrogen-bond acceptors (Lipinski definition) is 4. The van der Waals surface area contributed by atoms with Crippen LogP contribution in [0, 0.1) is 0 Å². The van der Waals surface area contributed by atoms with Gasteiger partial charge in [0, 0.05) is 30.4 Å². The van der Waals surface area contributed by atoms with Crippen LogP contribution in [0.2, 0.25) is 0 Å². The summed E-state index contributed by atoms with van der Waals surface area (Å²) in [4.78, 5) is 19.4. The summed E-state index contributed by atoms with van der Waals surface area (Å²) in [5.74, 6) is 0.458. The second kappa shape index (κ2) is 8.19. The molecule has 23 heavy (non-hydrogen) atoms. The van der Waals surface area contributed by atoms with Gasteiger partial charge in [0.15, 0.2) is 0 Å². The van der Waals surface area contributed by atoms with Crippen molar-refractivity contribution in [3.05, 3.63) is 59.7 Å². The zero-order valence-corrected chi connectivity index (χ0v) is 13.7. The highest BCUT2D eigenvalue weighted by Gasteiger charge is 2.07. The average Bonchev–Trinajstić information content (AvgIpc) is 2.61. The number of nitrogens with zero attached hydrogens (tertiary/aromatic N) is 1. The van der Waals surface area contributed by atoms with E-state index < -0.39 is 0 Å². The van der Waals surface area contributed by atoms with E-state index in [0.29, 0.717) is 5.56 Å². The fourth-order valence-electron chi connectivity index (χ4n) is 2.11. The number of para-hydroxylation sites is 1. The van der Waals surface area contributed by atoms with Crippen molar-refractivity contribution in [3.8, 4) is 5.75 Å². The van der Waals surface area contributed by atoms with Crippen LogP contribution >= 0.6 is 0 Å². The van der Waals surface area contributed by atoms with E-state index in [9.17, 15) is 4.79 Å². The van der Waals surface area contributed by atoms with Crippen molar-refractivity contribution in [2.24, 2.45) is 0 Å². The minimum Gasteiger partial charge on any atom is -0.496 e. The molecule has 0 radical (unpaired) electrons. The summed E-state index contributed by atoms with van der Waals surface area (Å²) >= 11 is 0. The number of methoxy groups -OCH3 is 1. The van der Waals surface area contributed by atoms with Gasteiger partial charge in [0.05, 0.1) is 7.11 Å². The van der Waals surface area contributed by atoms with E-state index in [1.165, 1.54) is 0 Å². The predicted molar refractivity (Wildman–Crippen MR) is 90.6 cm³/mol. The number of nitrogens with one attached hydrogen (secondary N) is 1. The SMILES string of the molecule is CCN(C)c1ccc(C(=O)NOCc2ccccc2OC)cc1. The maximum absolute atomic E-state index is 12.1. The van der Waals surface area contributed by atoms with Gasteiger partial charge >= 0.3 is 0 Å². The lowest BCUT2D eigenvalue weighted by Gasteiger charge is -2.16. The Hall–Kier alpha value is -2.53. The number of carbonyl (C=O) groups excluding carboxylic acids is 1. The first-order valence-electron chi connectivity index (χ1n) is 7.51. The molecular weight excluding hydrogens is 292 g/mol. The number of carbonyl (C=O) groups is 1. The summed E-state index contributed by atoms with van der Waals surface area (Å²) in [7, 11) is 3.61. The third-order valence-electron chi connectivity index (χ3n) is 3.63. The number of rotatable bonds is 7. The molecular formula is C18H22N2O3. The zero-order valence-electron chi connectivity index (χ0n) is 13.7. The quantitative estimate of drug-likeness (QED) is 0.798. The molecule has 1 amide bonds. The molecule has 0 aliphatic carbocycles. The van der Waals surface area contributed by atoms with E-state index in [-0.39, 0.29) is 12.5 Å². The molecule has 0 aliphatic rings. The van der Waals surface area contributed by atoms with E-state index in [0.717, 1.165) is 23.5 Å². The molecule has 5 nitrogen and oxygen atoms in total. The number of ether oxygens (including phenoxy) is 1. The minimum absolute atomic E-state index is 0.242. The number of benzene rings is 2. The molecule has 0 bridgehead atoms. The van der Waals surface area contributed by atoms with Gasteiger partial charge in [-0.3, -0.25) is 9.63 Å². The molecule has 0 spiro atoms. The first kappa shape index (κ1) is 16.8. The van der Waals surface area contributed by atoms with Gasteiger partial charge < -0.3 is 9.64 Å². The van der Waals surface area contributed by atoms with Gasteiger partial charge in [-0.15, -0.1) is 0 Å². The Morgan fingerprint density at radius 3 is 2.48 bits per heavy atom. The first-order chi connectivity index (χ1) is 11.2. The highest BCUT2D eigenvalue weighted by atomic mass is 16.7. The molecule has 0 saturated heterocycles. The van der Waals surface area contributed by atoms with Crippen molar-refractivity contribution < 1.29 is 14.4 Å². The Balaban J connectivity index is 1.89. The van der Waals surface area contributed by atoms with Crippen molar-refractivity contribution in [2.75, 3.05) is 25.6 Å². The zero-order chi connectivity index (χ0) is 16.7. The van der Waals surface area contributed by atoms with Gasteiger partial charge in [-0.1, -0.05) is 18.2 Å². The number of amides is 1. The van der Waals surface area contributed by atoms with Crippen LogP contribution < -0.4 is 15.1 Å². The summed E-state index contributed by atoms with van der Waals surface area (Å²) in [5, 5.41) is 0. The van der Waals surface area contributed by atoms with E-state index in [2.05, 4.69) is 17.3 Å². The monoisotopic (exact) mass is 314 g/mol. The topological polar surface area (TPSA) is 50.8 Å². The fraction of sp³-hybridized carbons (Fsp3) is 0.278. The third kappa shape index (κ3) is 4.47. The largest absolute Gasteiger partial charge is 0.496 e. The van der Waals surface area contributed by atoms with Gasteiger partial charge in [-0.25, -0.2) is 5.48 Å². The van der Waals surface area contributed by atoms with Gasteiger partial charge in [-0.2, -0.15) is 0 Å². The molecule has 2 aromatic rings. The maximum Gasteiger partial charge on any atom is 0.274 e. The Labute approximate surface area is 136 Å². The Kier molecular flexibility index (Phi) is 6.00. The van der Waals surface area contributed by atoms with Crippen LogP contribution in [0.25, 0.3) is 0 Å². The van der Waals surface area contributed by atoms with Crippen LogP contribution in [-0.4, -0.2) is 26.6 Å². The number of hydrogen-bond donors (Lipinski definition) is 1. The van der Waals surface area contributed by atoms with Gasteiger partial charge in [0.1, 0.15) is 12.4 Å². The molecule has 5 heteroatoms. The Bertz CT molecular complexity index is 641. The minimum atomic E-state index is -0.273. The van der Waals surface area contributed by atoms with Gasteiger partial charge in [0.2, 0.25) is 0 Å². The van der Waals surface area contributed by atoms with Crippen LogP contribution in [-0.2, 0) is 11.4 Å². The molecule has 1 N–H and O–H groups in total. The lowest BCUT2D eigenvalue weighted by Crippen LogP contribution is -2.24. The summed E-state index contributed by atoms with van der Waals surface area (Å²) in [5.41, 5.74) is 4.95. The van der Waals surface area contributed by atoms with Crippen LogP contribution in [0.4, 0.5) is 5.69 Å². The van der Waals surface area contributed by atoms with Crippen molar-refractivity contribution in [3.63, 3.8) is 0 Å². The first-order valence-corrected chi connectivity index (χ1v) is 7.51. The molecule has 0 aromatic heterocycles. The highest BCUT2D eigenvalue weighted by molar-refractivity contribution is 5.93. The summed E-state index contributed by atoms with van der Waals surface area (Å²) < 4.78 is 5.24. The number of hydroxylamine groups is 1. The van der Waals surface area contributed by atoms with E-state index in [4.69, 9.17) is 9.57 Å². The van der Waals surface area contributed by atoms with E-state index in [1.54, 1.807) is 19.2 Å². The molecule has 0 aliphatic heterocycles. The molecule has 2 rings (SSSR count). The average molecular weight is 314 g/mol. The molecule has 122 valence electrons. The Morgan fingerprint density at radius 1 is 1.13 bits per heavy atom. The van der Waals surface area contributed by atoms with Crippen molar-refractivity contribution in [2.45, 2.75) is 13.5 Å². The normalized spacial score (nSPS) is 10.2. The van der Waals surface area contributed by atoms with E-state index in [1.807, 2.05) is 43.4 Å². The molecule has 0 saturated carbocycles. The molecule has 0 heterocycles. The molecule has 2 aromatic carbocycles. The van der Waals surface area contributed by atoms with Crippen molar-refractivity contribution in [1.29, 1.82) is 0 Å².